The summed E-state index contributed by atoms with van der Waals surface area (Å²) in [5, 5.41) is 3.42. The molecule has 1 heterocycles. The Morgan fingerprint density at radius 2 is 2.05 bits per heavy atom. The summed E-state index contributed by atoms with van der Waals surface area (Å²) >= 11 is 0. The summed E-state index contributed by atoms with van der Waals surface area (Å²) in [7, 11) is 0. The number of nitrogens with zero attached hydrogens (tertiary/aromatic N) is 1. The Labute approximate surface area is 116 Å². The van der Waals surface area contributed by atoms with Crippen LogP contribution in [0.25, 0.3) is 0 Å². The van der Waals surface area contributed by atoms with Crippen LogP contribution < -0.4 is 10.1 Å². The molecular weight excluding hydrogens is 236 g/mol. The van der Waals surface area contributed by atoms with E-state index in [1.54, 1.807) is 0 Å². The Bertz CT molecular complexity index is 384. The molecule has 1 aromatic rings. The maximum absolute atomic E-state index is 6.01. The van der Waals surface area contributed by atoms with Gasteiger partial charge in [-0.3, -0.25) is 0 Å². The van der Waals surface area contributed by atoms with Gasteiger partial charge < -0.3 is 10.1 Å². The van der Waals surface area contributed by atoms with Gasteiger partial charge in [0.1, 0.15) is 6.10 Å². The lowest BCUT2D eigenvalue weighted by molar-refractivity contribution is 0.130. The molecule has 1 aliphatic rings. The minimum atomic E-state index is 0.358. The van der Waals surface area contributed by atoms with Crippen molar-refractivity contribution in [2.75, 3.05) is 0 Å². The Morgan fingerprint density at radius 1 is 1.32 bits per heavy atom. The monoisotopic (exact) mass is 262 g/mol. The summed E-state index contributed by atoms with van der Waals surface area (Å²) in [6, 6.07) is 4.61. The van der Waals surface area contributed by atoms with Crippen molar-refractivity contribution in [1.82, 2.24) is 10.3 Å². The second kappa shape index (κ2) is 6.90. The molecule has 0 aromatic carbocycles. The normalized spacial score (nSPS) is 23.6. The SMILES string of the molecule is CC1CCC(Oc2cc(CNC(C)C)ccn2)CC1. The molecule has 0 spiro atoms. The van der Waals surface area contributed by atoms with Gasteiger partial charge in [0.25, 0.3) is 0 Å². The number of pyridine rings is 1. The maximum Gasteiger partial charge on any atom is 0.213 e. The molecule has 1 aliphatic carbocycles. The predicted octanol–water partition coefficient (Wildman–Crippen LogP) is 3.54. The molecule has 106 valence electrons. The van der Waals surface area contributed by atoms with Crippen LogP contribution in [0, 0.1) is 5.92 Å². The number of nitrogens with one attached hydrogen (secondary N) is 1. The van der Waals surface area contributed by atoms with Crippen molar-refractivity contribution in [2.45, 2.75) is 65.1 Å². The van der Waals surface area contributed by atoms with E-state index in [4.69, 9.17) is 4.74 Å². The number of ether oxygens (including phenoxy) is 1. The average Bonchev–Trinajstić information content (AvgIpc) is 2.40. The molecule has 0 bridgehead atoms. The van der Waals surface area contributed by atoms with E-state index in [2.05, 4.69) is 37.1 Å². The highest BCUT2D eigenvalue weighted by Crippen LogP contribution is 2.26. The lowest BCUT2D eigenvalue weighted by Gasteiger charge is -2.26. The van der Waals surface area contributed by atoms with Gasteiger partial charge in [0.15, 0.2) is 0 Å². The van der Waals surface area contributed by atoms with Gasteiger partial charge in [0.05, 0.1) is 0 Å². The number of hydrogen-bond acceptors (Lipinski definition) is 3. The molecule has 0 saturated heterocycles. The van der Waals surface area contributed by atoms with Crippen molar-refractivity contribution >= 4 is 0 Å². The van der Waals surface area contributed by atoms with Crippen molar-refractivity contribution in [2.24, 2.45) is 5.92 Å². The standard InChI is InChI=1S/C16H26N2O/c1-12(2)18-11-14-8-9-17-16(10-14)19-15-6-4-13(3)5-7-15/h8-10,12-13,15,18H,4-7,11H2,1-3H3. The van der Waals surface area contributed by atoms with E-state index in [0.717, 1.165) is 31.2 Å². The van der Waals surface area contributed by atoms with E-state index >= 15 is 0 Å². The zero-order valence-electron chi connectivity index (χ0n) is 12.4. The summed E-state index contributed by atoms with van der Waals surface area (Å²) in [5.74, 6) is 1.64. The molecule has 1 aromatic heterocycles. The molecule has 0 atom stereocenters. The molecule has 2 rings (SSSR count). The highest BCUT2D eigenvalue weighted by atomic mass is 16.5. The third-order valence-corrected chi connectivity index (χ3v) is 3.76. The Kier molecular flexibility index (Phi) is 5.20. The van der Waals surface area contributed by atoms with Gasteiger partial charge in [-0.2, -0.15) is 0 Å². The van der Waals surface area contributed by atoms with Crippen molar-refractivity contribution in [1.29, 1.82) is 0 Å². The lowest BCUT2D eigenvalue weighted by atomic mass is 9.89. The largest absolute Gasteiger partial charge is 0.474 e. The summed E-state index contributed by atoms with van der Waals surface area (Å²) in [5.41, 5.74) is 1.24. The molecule has 0 radical (unpaired) electrons. The third kappa shape index (κ3) is 4.83. The van der Waals surface area contributed by atoms with Gasteiger partial charge in [0.2, 0.25) is 5.88 Å². The van der Waals surface area contributed by atoms with E-state index in [0.29, 0.717) is 12.1 Å². The first-order chi connectivity index (χ1) is 9.13. The Balaban J connectivity index is 1.88. The van der Waals surface area contributed by atoms with E-state index in [1.807, 2.05) is 12.3 Å². The van der Waals surface area contributed by atoms with Crippen molar-refractivity contribution in [3.05, 3.63) is 23.9 Å². The number of hydrogen-bond donors (Lipinski definition) is 1. The van der Waals surface area contributed by atoms with Crippen LogP contribution in [0.2, 0.25) is 0 Å². The minimum absolute atomic E-state index is 0.358. The molecule has 0 amide bonds. The fourth-order valence-electron chi connectivity index (χ4n) is 2.46. The molecule has 0 unspecified atom stereocenters. The quantitative estimate of drug-likeness (QED) is 0.881. The van der Waals surface area contributed by atoms with Crippen LogP contribution in [0.3, 0.4) is 0 Å². The molecule has 1 N–H and O–H groups in total. The fourth-order valence-corrected chi connectivity index (χ4v) is 2.46. The topological polar surface area (TPSA) is 34.1 Å². The highest BCUT2D eigenvalue weighted by molar-refractivity contribution is 5.20. The first kappa shape index (κ1) is 14.3. The van der Waals surface area contributed by atoms with Gasteiger partial charge in [-0.15, -0.1) is 0 Å². The van der Waals surface area contributed by atoms with Crippen molar-refractivity contribution < 1.29 is 4.74 Å². The van der Waals surface area contributed by atoms with Gasteiger partial charge in [0, 0.05) is 24.8 Å². The van der Waals surface area contributed by atoms with E-state index < -0.39 is 0 Å². The van der Waals surface area contributed by atoms with E-state index in [9.17, 15) is 0 Å². The molecule has 1 fully saturated rings. The Hall–Kier alpha value is -1.09. The smallest absolute Gasteiger partial charge is 0.213 e. The maximum atomic E-state index is 6.01. The molecule has 19 heavy (non-hydrogen) atoms. The predicted molar refractivity (Wildman–Crippen MR) is 78.3 cm³/mol. The first-order valence-electron chi connectivity index (χ1n) is 7.48. The summed E-state index contributed by atoms with van der Waals surface area (Å²) in [6.07, 6.45) is 7.09. The van der Waals surface area contributed by atoms with Crippen LogP contribution in [0.5, 0.6) is 5.88 Å². The molecule has 3 heteroatoms. The summed E-state index contributed by atoms with van der Waals surface area (Å²) in [6.45, 7) is 7.51. The number of rotatable bonds is 5. The van der Waals surface area contributed by atoms with E-state index in [-0.39, 0.29) is 0 Å². The van der Waals surface area contributed by atoms with Crippen LogP contribution in [0.15, 0.2) is 18.3 Å². The fraction of sp³-hybridized carbons (Fsp3) is 0.688. The highest BCUT2D eigenvalue weighted by Gasteiger charge is 2.19. The zero-order valence-corrected chi connectivity index (χ0v) is 12.4. The van der Waals surface area contributed by atoms with Gasteiger partial charge >= 0.3 is 0 Å². The zero-order chi connectivity index (χ0) is 13.7. The molecular formula is C16H26N2O. The molecule has 3 nitrogen and oxygen atoms in total. The van der Waals surface area contributed by atoms with Crippen LogP contribution >= 0.6 is 0 Å². The third-order valence-electron chi connectivity index (χ3n) is 3.76. The summed E-state index contributed by atoms with van der Waals surface area (Å²) < 4.78 is 6.01. The second-order valence-electron chi connectivity index (χ2n) is 6.04. The first-order valence-corrected chi connectivity index (χ1v) is 7.48. The van der Waals surface area contributed by atoms with Gasteiger partial charge in [-0.25, -0.2) is 4.98 Å². The lowest BCUT2D eigenvalue weighted by Crippen LogP contribution is -2.24. The van der Waals surface area contributed by atoms with E-state index in [1.165, 1.54) is 18.4 Å². The van der Waals surface area contributed by atoms with Gasteiger partial charge in [-0.1, -0.05) is 20.8 Å². The summed E-state index contributed by atoms with van der Waals surface area (Å²) in [4.78, 5) is 4.33. The number of aromatic nitrogens is 1. The second-order valence-corrected chi connectivity index (χ2v) is 6.04. The van der Waals surface area contributed by atoms with Crippen LogP contribution in [0.4, 0.5) is 0 Å². The molecule has 1 saturated carbocycles. The van der Waals surface area contributed by atoms with Gasteiger partial charge in [-0.05, 0) is 43.2 Å². The van der Waals surface area contributed by atoms with Crippen molar-refractivity contribution in [3.63, 3.8) is 0 Å². The van der Waals surface area contributed by atoms with Crippen LogP contribution in [0.1, 0.15) is 52.0 Å². The van der Waals surface area contributed by atoms with Crippen molar-refractivity contribution in [3.8, 4) is 5.88 Å². The van der Waals surface area contributed by atoms with Crippen LogP contribution in [-0.2, 0) is 6.54 Å². The average molecular weight is 262 g/mol. The molecule has 0 aliphatic heterocycles. The Morgan fingerprint density at radius 3 is 2.74 bits per heavy atom. The van der Waals surface area contributed by atoms with Crippen LogP contribution in [-0.4, -0.2) is 17.1 Å². The minimum Gasteiger partial charge on any atom is -0.474 e.